The van der Waals surface area contributed by atoms with Crippen molar-refractivity contribution in [3.05, 3.63) is 70.7 Å². The number of halogens is 1. The van der Waals surface area contributed by atoms with Crippen LogP contribution in [-0.2, 0) is 13.1 Å². The van der Waals surface area contributed by atoms with E-state index in [4.69, 9.17) is 4.42 Å². The molecule has 0 saturated carbocycles. The van der Waals surface area contributed by atoms with Gasteiger partial charge in [-0.1, -0.05) is 42.5 Å². The van der Waals surface area contributed by atoms with Crippen LogP contribution in [0.5, 0.6) is 5.75 Å². The quantitative estimate of drug-likeness (QED) is 0.720. The van der Waals surface area contributed by atoms with Crippen molar-refractivity contribution in [3.8, 4) is 17.1 Å². The van der Waals surface area contributed by atoms with Crippen molar-refractivity contribution < 1.29 is 9.52 Å². The van der Waals surface area contributed by atoms with Gasteiger partial charge >= 0.3 is 0 Å². The van der Waals surface area contributed by atoms with Crippen molar-refractivity contribution in [2.45, 2.75) is 13.1 Å². The van der Waals surface area contributed by atoms with Crippen LogP contribution in [0.25, 0.3) is 11.3 Å². The van der Waals surface area contributed by atoms with Crippen molar-refractivity contribution >= 4 is 15.9 Å². The molecule has 0 unspecified atom stereocenters. The number of hydrogen-bond acceptors (Lipinski definition) is 4. The zero-order chi connectivity index (χ0) is 15.4. The molecule has 0 spiro atoms. The molecule has 5 heteroatoms. The molecule has 0 aliphatic heterocycles. The first kappa shape index (κ1) is 14.8. The van der Waals surface area contributed by atoms with Crippen molar-refractivity contribution in [2.75, 3.05) is 0 Å². The van der Waals surface area contributed by atoms with Gasteiger partial charge in [0.25, 0.3) is 0 Å². The molecule has 0 saturated heterocycles. The molecule has 4 nitrogen and oxygen atoms in total. The number of phenolic OH excluding ortho intramolecular Hbond substituents is 1. The topological polar surface area (TPSA) is 58.3 Å². The van der Waals surface area contributed by atoms with Gasteiger partial charge in [0, 0.05) is 17.7 Å². The molecule has 3 aromatic rings. The molecule has 0 aliphatic rings. The number of phenols is 1. The second-order valence-corrected chi connectivity index (χ2v) is 5.69. The number of rotatable bonds is 5. The van der Waals surface area contributed by atoms with E-state index in [9.17, 15) is 5.11 Å². The number of para-hydroxylation sites is 1. The number of hydrogen-bond donors (Lipinski definition) is 2. The number of aromatic nitrogens is 1. The Balaban J connectivity index is 1.61. The predicted octanol–water partition coefficient (Wildman–Crippen LogP) is 4.10. The lowest BCUT2D eigenvalue weighted by molar-refractivity contribution is 0.452. The number of nitrogens with zero attached hydrogens (tertiary/aromatic N) is 1. The van der Waals surface area contributed by atoms with Gasteiger partial charge in [0.05, 0.1) is 17.2 Å². The van der Waals surface area contributed by atoms with Crippen molar-refractivity contribution in [1.29, 1.82) is 0 Å². The Morgan fingerprint density at radius 1 is 1.05 bits per heavy atom. The lowest BCUT2D eigenvalue weighted by Gasteiger charge is -2.06. The van der Waals surface area contributed by atoms with Crippen LogP contribution in [-0.4, -0.2) is 10.1 Å². The summed E-state index contributed by atoms with van der Waals surface area (Å²) in [6.07, 6.45) is 1.73. The molecular weight excluding hydrogens is 344 g/mol. The van der Waals surface area contributed by atoms with Gasteiger partial charge in [-0.25, -0.2) is 4.98 Å². The maximum absolute atomic E-state index is 9.92. The van der Waals surface area contributed by atoms with Crippen molar-refractivity contribution in [2.24, 2.45) is 0 Å². The first-order chi connectivity index (χ1) is 10.7. The smallest absolute Gasteiger partial charge is 0.208 e. The molecule has 2 N–H and O–H groups in total. The molecule has 22 heavy (non-hydrogen) atoms. The summed E-state index contributed by atoms with van der Waals surface area (Å²) in [5.74, 6) is 1.63. The van der Waals surface area contributed by atoms with Crippen molar-refractivity contribution in [1.82, 2.24) is 10.3 Å². The lowest BCUT2D eigenvalue weighted by Crippen LogP contribution is -2.13. The Kier molecular flexibility index (Phi) is 4.56. The molecule has 0 atom stereocenters. The van der Waals surface area contributed by atoms with E-state index in [1.165, 1.54) is 0 Å². The second kappa shape index (κ2) is 6.77. The number of benzene rings is 2. The summed E-state index contributed by atoms with van der Waals surface area (Å²) in [6, 6.07) is 15.4. The minimum absolute atomic E-state index is 0.257. The van der Waals surface area contributed by atoms with Gasteiger partial charge in [0.1, 0.15) is 5.75 Å². The molecule has 0 amide bonds. The highest BCUT2D eigenvalue weighted by Gasteiger charge is 2.07. The molecule has 1 heterocycles. The van der Waals surface area contributed by atoms with E-state index in [1.54, 1.807) is 12.3 Å². The Bertz CT molecular complexity index is 756. The lowest BCUT2D eigenvalue weighted by atomic mass is 10.2. The molecular formula is C17H15BrN2O2. The fraction of sp³-hybridized carbons (Fsp3) is 0.118. The van der Waals surface area contributed by atoms with E-state index < -0.39 is 0 Å². The number of oxazole rings is 1. The van der Waals surface area contributed by atoms with E-state index >= 15 is 0 Å². The number of aromatic hydroxyl groups is 1. The Morgan fingerprint density at radius 2 is 1.86 bits per heavy atom. The standard InChI is InChI=1S/C17H15BrN2O2/c18-14-8-4-7-13(17(14)21)9-19-11-16-20-10-15(22-16)12-5-2-1-3-6-12/h1-8,10,19,21H,9,11H2. The van der Waals surface area contributed by atoms with Crippen LogP contribution in [0, 0.1) is 0 Å². The molecule has 0 radical (unpaired) electrons. The van der Waals surface area contributed by atoms with E-state index in [-0.39, 0.29) is 5.75 Å². The fourth-order valence-electron chi connectivity index (χ4n) is 2.13. The maximum Gasteiger partial charge on any atom is 0.208 e. The van der Waals surface area contributed by atoms with Gasteiger partial charge in [-0.2, -0.15) is 0 Å². The van der Waals surface area contributed by atoms with Gasteiger partial charge in [-0.05, 0) is 22.0 Å². The van der Waals surface area contributed by atoms with Gasteiger partial charge in [-0.3, -0.25) is 0 Å². The molecule has 1 aromatic heterocycles. The Labute approximate surface area is 137 Å². The summed E-state index contributed by atoms with van der Waals surface area (Å²) in [6.45, 7) is 1.03. The van der Waals surface area contributed by atoms with Crippen LogP contribution >= 0.6 is 15.9 Å². The summed E-state index contributed by atoms with van der Waals surface area (Å²) in [5.41, 5.74) is 1.83. The van der Waals surface area contributed by atoms with Gasteiger partial charge in [0.2, 0.25) is 5.89 Å². The Hall–Kier alpha value is -2.11. The maximum atomic E-state index is 9.92. The van der Waals surface area contributed by atoms with Crippen LogP contribution in [0.15, 0.2) is 63.6 Å². The molecule has 3 rings (SSSR count). The van der Waals surface area contributed by atoms with E-state index in [0.29, 0.717) is 23.5 Å². The zero-order valence-corrected chi connectivity index (χ0v) is 13.4. The molecule has 0 aliphatic carbocycles. The second-order valence-electron chi connectivity index (χ2n) is 4.84. The first-order valence-electron chi connectivity index (χ1n) is 6.91. The largest absolute Gasteiger partial charge is 0.506 e. The molecule has 2 aromatic carbocycles. The minimum Gasteiger partial charge on any atom is -0.506 e. The minimum atomic E-state index is 0.257. The average Bonchev–Trinajstić information content (AvgIpc) is 3.01. The van der Waals surface area contributed by atoms with Gasteiger partial charge < -0.3 is 14.8 Å². The summed E-state index contributed by atoms with van der Waals surface area (Å²) >= 11 is 3.30. The average molecular weight is 359 g/mol. The van der Waals surface area contributed by atoms with Gasteiger partial charge in [-0.15, -0.1) is 0 Å². The fourth-order valence-corrected chi connectivity index (χ4v) is 2.54. The summed E-state index contributed by atoms with van der Waals surface area (Å²) in [7, 11) is 0. The molecule has 0 bridgehead atoms. The SMILES string of the molecule is Oc1c(Br)cccc1CNCc1ncc(-c2ccccc2)o1. The van der Waals surface area contributed by atoms with Crippen LogP contribution in [0.2, 0.25) is 0 Å². The molecule has 0 fully saturated rings. The van der Waals surface area contributed by atoms with Crippen LogP contribution in [0.1, 0.15) is 11.5 Å². The third kappa shape index (κ3) is 3.37. The van der Waals surface area contributed by atoms with E-state index in [0.717, 1.165) is 16.9 Å². The summed E-state index contributed by atoms with van der Waals surface area (Å²) in [5, 5.41) is 13.1. The van der Waals surface area contributed by atoms with Gasteiger partial charge in [0.15, 0.2) is 5.76 Å². The summed E-state index contributed by atoms with van der Waals surface area (Å²) < 4.78 is 6.41. The first-order valence-corrected chi connectivity index (χ1v) is 7.70. The number of nitrogens with one attached hydrogen (secondary N) is 1. The zero-order valence-electron chi connectivity index (χ0n) is 11.8. The normalized spacial score (nSPS) is 10.8. The van der Waals surface area contributed by atoms with Crippen LogP contribution in [0.4, 0.5) is 0 Å². The van der Waals surface area contributed by atoms with E-state index in [2.05, 4.69) is 26.2 Å². The summed E-state index contributed by atoms with van der Waals surface area (Å²) in [4.78, 5) is 4.26. The predicted molar refractivity (Wildman–Crippen MR) is 88.3 cm³/mol. The molecule has 112 valence electrons. The third-order valence-corrected chi connectivity index (χ3v) is 3.91. The highest BCUT2D eigenvalue weighted by atomic mass is 79.9. The van der Waals surface area contributed by atoms with Crippen LogP contribution < -0.4 is 5.32 Å². The highest BCUT2D eigenvalue weighted by molar-refractivity contribution is 9.10. The van der Waals surface area contributed by atoms with Crippen LogP contribution in [0.3, 0.4) is 0 Å². The van der Waals surface area contributed by atoms with Crippen molar-refractivity contribution in [3.63, 3.8) is 0 Å². The third-order valence-electron chi connectivity index (χ3n) is 3.27. The Morgan fingerprint density at radius 3 is 2.68 bits per heavy atom. The monoisotopic (exact) mass is 358 g/mol. The highest BCUT2D eigenvalue weighted by Crippen LogP contribution is 2.27. The van der Waals surface area contributed by atoms with E-state index in [1.807, 2.05) is 42.5 Å².